The number of carbonyl (C=O) groups excluding carboxylic acids is 1. The number of aliphatic hydroxyl groups excluding tert-OH is 1. The van der Waals surface area contributed by atoms with E-state index in [1.54, 1.807) is 20.1 Å². The van der Waals surface area contributed by atoms with E-state index < -0.39 is 38.0 Å². The van der Waals surface area contributed by atoms with Crippen LogP contribution in [0.1, 0.15) is 51.2 Å². The molecule has 0 aliphatic rings. The fourth-order valence-electron chi connectivity index (χ4n) is 4.80. The number of methoxy groups -OCH3 is 1. The molecule has 0 heterocycles. The Bertz CT molecular complexity index is 1140. The normalized spacial score (nSPS) is 13.7. The Morgan fingerprint density at radius 2 is 1.79 bits per heavy atom. The van der Waals surface area contributed by atoms with Crippen LogP contribution >= 0.6 is 11.6 Å². The number of aliphatic hydroxyl groups is 1. The summed E-state index contributed by atoms with van der Waals surface area (Å²) < 4.78 is 48.8. The first-order valence-electron chi connectivity index (χ1n) is 12.9. The molecule has 0 radical (unpaired) electrons. The molecule has 0 aliphatic carbocycles. The second kappa shape index (κ2) is 14.8. The maximum absolute atomic E-state index is 14.2. The first kappa shape index (κ1) is 32.0. The molecule has 0 aromatic heterocycles. The van der Waals surface area contributed by atoms with Crippen molar-refractivity contribution >= 4 is 27.7 Å². The van der Waals surface area contributed by atoms with Crippen molar-refractivity contribution in [3.05, 3.63) is 64.4 Å². The van der Waals surface area contributed by atoms with Gasteiger partial charge >= 0.3 is 10.2 Å². The number of benzene rings is 2. The Morgan fingerprint density at radius 1 is 1.11 bits per heavy atom. The first-order chi connectivity index (χ1) is 18.0. The lowest BCUT2D eigenvalue weighted by Gasteiger charge is -2.44. The van der Waals surface area contributed by atoms with E-state index in [4.69, 9.17) is 16.3 Å². The molecular formula is C27H40ClFN3O5S+. The van der Waals surface area contributed by atoms with Gasteiger partial charge in [0.25, 0.3) is 0 Å². The molecule has 0 aliphatic heterocycles. The Kier molecular flexibility index (Phi) is 12.4. The molecule has 0 fully saturated rings. The quantitative estimate of drug-likeness (QED) is 0.263. The van der Waals surface area contributed by atoms with Crippen LogP contribution in [0.5, 0.6) is 5.75 Å². The average molecular weight is 573 g/mol. The number of carbonyl (C=O) groups is 1. The van der Waals surface area contributed by atoms with E-state index in [1.165, 1.54) is 12.1 Å². The zero-order chi connectivity index (χ0) is 28.3. The number of amides is 1. The molecule has 0 spiro atoms. The summed E-state index contributed by atoms with van der Waals surface area (Å²) in [4.78, 5) is 12.3. The minimum Gasteiger partial charge on any atom is -0.497 e. The molecule has 0 saturated carbocycles. The number of halogens is 2. The molecule has 2 aromatic rings. The topological polar surface area (TPSA) is 105 Å². The summed E-state index contributed by atoms with van der Waals surface area (Å²) in [6, 6.07) is 10.6. The molecule has 2 aromatic carbocycles. The van der Waals surface area contributed by atoms with Crippen LogP contribution < -0.4 is 14.8 Å². The largest absolute Gasteiger partial charge is 0.497 e. The van der Waals surface area contributed by atoms with Crippen LogP contribution in [0.4, 0.5) is 4.39 Å². The lowest BCUT2D eigenvalue weighted by molar-refractivity contribution is -0.838. The third-order valence-electron chi connectivity index (χ3n) is 6.48. The fourth-order valence-corrected chi connectivity index (χ4v) is 7.07. The van der Waals surface area contributed by atoms with E-state index in [-0.39, 0.29) is 37.5 Å². The van der Waals surface area contributed by atoms with Crippen LogP contribution in [0.15, 0.2) is 42.5 Å². The monoisotopic (exact) mass is 572 g/mol. The van der Waals surface area contributed by atoms with E-state index in [0.29, 0.717) is 30.7 Å². The predicted molar refractivity (Wildman–Crippen MR) is 148 cm³/mol. The van der Waals surface area contributed by atoms with Crippen molar-refractivity contribution < 1.29 is 31.3 Å². The van der Waals surface area contributed by atoms with Gasteiger partial charge in [-0.25, -0.2) is 9.11 Å². The van der Waals surface area contributed by atoms with Crippen LogP contribution in [-0.2, 0) is 28.0 Å². The standard InChI is InChI=1S/C27H39ClFN3O5S/c1-5-11-32(12-6-2,38(35,36)31-27(34)7-3)25(16-21-13-22(28)17-23(29)14-21)26(33)19-30-18-20-9-8-10-24(15-20)37-4/h8-10,13-15,17,25-26,30,33H,5-7,11-12,16,18-19H2,1-4H3/p+1. The highest BCUT2D eigenvalue weighted by atomic mass is 35.5. The maximum Gasteiger partial charge on any atom is 0.396 e. The second-order valence-corrected chi connectivity index (χ2v) is 11.7. The fraction of sp³-hybridized carbons (Fsp3) is 0.519. The van der Waals surface area contributed by atoms with Gasteiger partial charge in [-0.05, 0) is 54.3 Å². The summed E-state index contributed by atoms with van der Waals surface area (Å²) in [5, 5.41) is 14.9. The van der Waals surface area contributed by atoms with Crippen molar-refractivity contribution in [2.45, 2.75) is 65.1 Å². The summed E-state index contributed by atoms with van der Waals surface area (Å²) in [7, 11) is -2.70. The zero-order valence-corrected chi connectivity index (χ0v) is 24.1. The number of hydrogen-bond donors (Lipinski definition) is 3. The Balaban J connectivity index is 2.49. The smallest absolute Gasteiger partial charge is 0.396 e. The van der Waals surface area contributed by atoms with Crippen molar-refractivity contribution in [2.24, 2.45) is 0 Å². The van der Waals surface area contributed by atoms with Crippen LogP contribution in [0.3, 0.4) is 0 Å². The minimum atomic E-state index is -4.28. The SMILES string of the molecule is CCC[N+](CCC)(C(Cc1cc(F)cc(Cl)c1)C(O)CNCc1cccc(OC)c1)S(=O)(=O)NC(=O)CC. The number of nitrogens with zero attached hydrogens (tertiary/aromatic N) is 1. The number of rotatable bonds is 16. The highest BCUT2D eigenvalue weighted by Crippen LogP contribution is 2.29. The van der Waals surface area contributed by atoms with Gasteiger partial charge in [-0.1, -0.05) is 44.5 Å². The number of quaternary nitrogens is 1. The third kappa shape index (κ3) is 8.38. The summed E-state index contributed by atoms with van der Waals surface area (Å²) in [6.45, 7) is 6.06. The van der Waals surface area contributed by atoms with Crippen molar-refractivity contribution in [3.8, 4) is 5.75 Å². The van der Waals surface area contributed by atoms with Crippen LogP contribution in [0.2, 0.25) is 5.02 Å². The van der Waals surface area contributed by atoms with Crippen molar-refractivity contribution in [1.29, 1.82) is 0 Å². The van der Waals surface area contributed by atoms with Crippen LogP contribution in [0, 0.1) is 5.82 Å². The predicted octanol–water partition coefficient (Wildman–Crippen LogP) is 3.96. The Hall–Kier alpha value is -2.24. The van der Waals surface area contributed by atoms with E-state index in [2.05, 4.69) is 10.0 Å². The van der Waals surface area contributed by atoms with Gasteiger partial charge in [0.05, 0.1) is 20.2 Å². The molecule has 38 heavy (non-hydrogen) atoms. The van der Waals surface area contributed by atoms with Gasteiger partial charge in [-0.3, -0.25) is 4.79 Å². The van der Waals surface area contributed by atoms with Gasteiger partial charge in [-0.2, -0.15) is 12.3 Å². The van der Waals surface area contributed by atoms with Crippen LogP contribution in [-0.4, -0.2) is 62.2 Å². The summed E-state index contributed by atoms with van der Waals surface area (Å²) in [6.07, 6.45) is -0.182. The third-order valence-corrected chi connectivity index (χ3v) is 8.78. The molecular weight excluding hydrogens is 533 g/mol. The van der Waals surface area contributed by atoms with Gasteiger partial charge in [0.15, 0.2) is 0 Å². The summed E-state index contributed by atoms with van der Waals surface area (Å²) >= 11 is 6.10. The molecule has 2 rings (SSSR count). The molecule has 1 amide bonds. The summed E-state index contributed by atoms with van der Waals surface area (Å²) in [5.74, 6) is -0.481. The van der Waals surface area contributed by atoms with Gasteiger partial charge in [0.2, 0.25) is 5.91 Å². The molecule has 3 N–H and O–H groups in total. The molecule has 2 atom stereocenters. The molecule has 212 valence electrons. The number of ether oxygens (including phenoxy) is 1. The number of hydrogen-bond acceptors (Lipinski definition) is 6. The van der Waals surface area contributed by atoms with Gasteiger partial charge in [-0.15, -0.1) is 0 Å². The molecule has 0 saturated heterocycles. The van der Waals surface area contributed by atoms with E-state index in [1.807, 2.05) is 38.1 Å². The van der Waals surface area contributed by atoms with E-state index in [0.717, 1.165) is 5.56 Å². The van der Waals surface area contributed by atoms with Crippen LogP contribution in [0.25, 0.3) is 0 Å². The Labute approximate surface area is 230 Å². The van der Waals surface area contributed by atoms with Crippen molar-refractivity contribution in [1.82, 2.24) is 10.0 Å². The van der Waals surface area contributed by atoms with Crippen molar-refractivity contribution in [2.75, 3.05) is 26.7 Å². The van der Waals surface area contributed by atoms with E-state index in [9.17, 15) is 22.7 Å². The molecule has 8 nitrogen and oxygen atoms in total. The maximum atomic E-state index is 14.2. The van der Waals surface area contributed by atoms with Gasteiger partial charge in [0.1, 0.15) is 23.7 Å². The zero-order valence-electron chi connectivity index (χ0n) is 22.5. The lowest BCUT2D eigenvalue weighted by Crippen LogP contribution is -2.68. The van der Waals surface area contributed by atoms with Gasteiger partial charge < -0.3 is 15.2 Å². The average Bonchev–Trinajstić information content (AvgIpc) is 2.86. The highest BCUT2D eigenvalue weighted by molar-refractivity contribution is 7.84. The van der Waals surface area contributed by atoms with Gasteiger partial charge in [0, 0.05) is 31.0 Å². The number of nitrogens with one attached hydrogen (secondary N) is 2. The first-order valence-corrected chi connectivity index (χ1v) is 14.7. The minimum absolute atomic E-state index is 0.00764. The van der Waals surface area contributed by atoms with E-state index >= 15 is 0 Å². The Morgan fingerprint density at radius 3 is 2.37 bits per heavy atom. The molecule has 2 unspecified atom stereocenters. The lowest BCUT2D eigenvalue weighted by atomic mass is 9.98. The molecule has 11 heteroatoms. The van der Waals surface area contributed by atoms with Crippen molar-refractivity contribution in [3.63, 3.8) is 0 Å². The summed E-state index contributed by atoms with van der Waals surface area (Å²) in [5.41, 5.74) is 1.38. The highest BCUT2D eigenvalue weighted by Gasteiger charge is 2.51. The second-order valence-electron chi connectivity index (χ2n) is 9.35. The molecule has 0 bridgehead atoms.